The van der Waals surface area contributed by atoms with E-state index in [0.29, 0.717) is 6.61 Å². The predicted octanol–water partition coefficient (Wildman–Crippen LogP) is 4.61. The number of hydrogen-bond acceptors (Lipinski definition) is 3. The zero-order valence-corrected chi connectivity index (χ0v) is 13.1. The van der Waals surface area contributed by atoms with Crippen molar-refractivity contribution in [2.45, 2.75) is 45.4 Å². The SMILES string of the molecule is CCCCCCCCOC(=O)C=Cc1ccccc1OC. The number of para-hydroxylation sites is 1. The minimum absolute atomic E-state index is 0.297. The molecule has 1 rings (SSSR count). The number of ether oxygens (including phenoxy) is 2. The molecule has 0 saturated carbocycles. The smallest absolute Gasteiger partial charge is 0.330 e. The van der Waals surface area contributed by atoms with Gasteiger partial charge in [-0.05, 0) is 18.6 Å². The fraction of sp³-hybridized carbons (Fsp3) is 0.500. The lowest BCUT2D eigenvalue weighted by molar-refractivity contribution is -0.137. The second-order valence-electron chi connectivity index (χ2n) is 5.01. The van der Waals surface area contributed by atoms with E-state index < -0.39 is 0 Å². The molecule has 1 aromatic rings. The summed E-state index contributed by atoms with van der Waals surface area (Å²) in [5.41, 5.74) is 0.872. The third-order valence-corrected chi connectivity index (χ3v) is 3.28. The molecule has 0 aromatic heterocycles. The van der Waals surface area contributed by atoms with Crippen molar-refractivity contribution >= 4 is 12.0 Å². The lowest BCUT2D eigenvalue weighted by atomic mass is 10.1. The highest BCUT2D eigenvalue weighted by molar-refractivity contribution is 5.87. The highest BCUT2D eigenvalue weighted by atomic mass is 16.5. The van der Waals surface area contributed by atoms with Gasteiger partial charge in [0.05, 0.1) is 13.7 Å². The summed E-state index contributed by atoms with van der Waals surface area (Å²) in [6.45, 7) is 2.71. The molecule has 0 spiro atoms. The third kappa shape index (κ3) is 7.54. The Kier molecular flexibility index (Phi) is 9.01. The van der Waals surface area contributed by atoms with Crippen LogP contribution in [-0.2, 0) is 9.53 Å². The number of carbonyl (C=O) groups is 1. The lowest BCUT2D eigenvalue weighted by Gasteiger charge is -2.04. The van der Waals surface area contributed by atoms with Gasteiger partial charge >= 0.3 is 5.97 Å². The van der Waals surface area contributed by atoms with Crippen LogP contribution < -0.4 is 4.74 Å². The first kappa shape index (κ1) is 17.3. The molecular formula is C18H26O3. The molecule has 0 radical (unpaired) electrons. The summed E-state index contributed by atoms with van der Waals surface area (Å²) >= 11 is 0. The molecule has 0 aliphatic heterocycles. The van der Waals surface area contributed by atoms with Gasteiger partial charge in [-0.2, -0.15) is 0 Å². The first-order valence-corrected chi connectivity index (χ1v) is 7.75. The summed E-state index contributed by atoms with van der Waals surface area (Å²) in [4.78, 5) is 11.6. The second-order valence-corrected chi connectivity index (χ2v) is 5.01. The summed E-state index contributed by atoms with van der Waals surface area (Å²) in [7, 11) is 1.61. The van der Waals surface area contributed by atoms with Gasteiger partial charge in [0.1, 0.15) is 5.75 Å². The Balaban J connectivity index is 2.22. The van der Waals surface area contributed by atoms with Crippen molar-refractivity contribution in [1.82, 2.24) is 0 Å². The minimum Gasteiger partial charge on any atom is -0.496 e. The van der Waals surface area contributed by atoms with E-state index in [4.69, 9.17) is 9.47 Å². The first-order valence-electron chi connectivity index (χ1n) is 7.75. The van der Waals surface area contributed by atoms with Crippen molar-refractivity contribution in [3.05, 3.63) is 35.9 Å². The van der Waals surface area contributed by atoms with Crippen LogP contribution in [0.4, 0.5) is 0 Å². The van der Waals surface area contributed by atoms with Crippen molar-refractivity contribution in [3.63, 3.8) is 0 Å². The van der Waals surface area contributed by atoms with Crippen LogP contribution in [0.5, 0.6) is 5.75 Å². The Bertz CT molecular complexity index is 438. The van der Waals surface area contributed by atoms with E-state index in [1.807, 2.05) is 24.3 Å². The molecule has 0 atom stereocenters. The summed E-state index contributed by atoms with van der Waals surface area (Å²) in [6, 6.07) is 7.56. The standard InChI is InChI=1S/C18H26O3/c1-3-4-5-6-7-10-15-21-18(19)14-13-16-11-8-9-12-17(16)20-2/h8-9,11-14H,3-7,10,15H2,1-2H3. The first-order chi connectivity index (χ1) is 10.3. The Morgan fingerprint density at radius 1 is 1.10 bits per heavy atom. The molecule has 116 valence electrons. The van der Waals surface area contributed by atoms with Gasteiger partial charge < -0.3 is 9.47 Å². The van der Waals surface area contributed by atoms with E-state index in [1.54, 1.807) is 13.2 Å². The molecule has 0 amide bonds. The van der Waals surface area contributed by atoms with Crippen LogP contribution in [-0.4, -0.2) is 19.7 Å². The minimum atomic E-state index is -0.297. The van der Waals surface area contributed by atoms with E-state index in [2.05, 4.69) is 6.92 Å². The van der Waals surface area contributed by atoms with E-state index >= 15 is 0 Å². The van der Waals surface area contributed by atoms with Crippen LogP contribution in [0.15, 0.2) is 30.3 Å². The summed E-state index contributed by atoms with van der Waals surface area (Å²) in [6.07, 6.45) is 10.3. The van der Waals surface area contributed by atoms with Gasteiger partial charge in [0.15, 0.2) is 0 Å². The zero-order valence-electron chi connectivity index (χ0n) is 13.1. The molecule has 0 bridgehead atoms. The Hall–Kier alpha value is -1.77. The second kappa shape index (κ2) is 11.0. The van der Waals surface area contributed by atoms with E-state index in [-0.39, 0.29) is 5.97 Å². The summed E-state index contributed by atoms with van der Waals surface area (Å²) in [5.74, 6) is 0.451. The molecule has 0 aliphatic rings. The Morgan fingerprint density at radius 2 is 1.81 bits per heavy atom. The maximum Gasteiger partial charge on any atom is 0.330 e. The highest BCUT2D eigenvalue weighted by Crippen LogP contribution is 2.18. The fourth-order valence-corrected chi connectivity index (χ4v) is 2.07. The van der Waals surface area contributed by atoms with Crippen molar-refractivity contribution in [2.75, 3.05) is 13.7 Å². The van der Waals surface area contributed by atoms with Crippen molar-refractivity contribution < 1.29 is 14.3 Å². The molecule has 3 heteroatoms. The van der Waals surface area contributed by atoms with Crippen LogP contribution in [0.2, 0.25) is 0 Å². The molecule has 0 unspecified atom stereocenters. The van der Waals surface area contributed by atoms with Crippen molar-refractivity contribution in [3.8, 4) is 5.75 Å². The predicted molar refractivity (Wildman–Crippen MR) is 86.4 cm³/mol. The maximum atomic E-state index is 11.6. The molecule has 0 saturated heterocycles. The maximum absolute atomic E-state index is 11.6. The number of carbonyl (C=O) groups excluding carboxylic acids is 1. The van der Waals surface area contributed by atoms with Gasteiger partial charge in [-0.15, -0.1) is 0 Å². The summed E-state index contributed by atoms with van der Waals surface area (Å²) in [5, 5.41) is 0. The number of hydrogen-bond donors (Lipinski definition) is 0. The van der Waals surface area contributed by atoms with E-state index in [0.717, 1.165) is 24.2 Å². The van der Waals surface area contributed by atoms with Crippen LogP contribution in [0.3, 0.4) is 0 Å². The van der Waals surface area contributed by atoms with Crippen LogP contribution in [0, 0.1) is 0 Å². The van der Waals surface area contributed by atoms with Gasteiger partial charge in [0.2, 0.25) is 0 Å². The molecule has 3 nitrogen and oxygen atoms in total. The monoisotopic (exact) mass is 290 g/mol. The van der Waals surface area contributed by atoms with Gasteiger partial charge in [0, 0.05) is 11.6 Å². The normalized spacial score (nSPS) is 10.8. The molecule has 0 fully saturated rings. The van der Waals surface area contributed by atoms with E-state index in [1.165, 1.54) is 31.8 Å². The van der Waals surface area contributed by atoms with Gasteiger partial charge in [-0.25, -0.2) is 4.79 Å². The quantitative estimate of drug-likeness (QED) is 0.358. The number of rotatable bonds is 10. The number of benzene rings is 1. The number of esters is 1. The molecule has 0 heterocycles. The van der Waals surface area contributed by atoms with Crippen molar-refractivity contribution in [1.29, 1.82) is 0 Å². The highest BCUT2D eigenvalue weighted by Gasteiger charge is 2.00. The topological polar surface area (TPSA) is 35.5 Å². The average Bonchev–Trinajstić information content (AvgIpc) is 2.52. The van der Waals surface area contributed by atoms with Gasteiger partial charge in [-0.1, -0.05) is 57.2 Å². The third-order valence-electron chi connectivity index (χ3n) is 3.28. The average molecular weight is 290 g/mol. The molecule has 1 aromatic carbocycles. The van der Waals surface area contributed by atoms with Crippen molar-refractivity contribution in [2.24, 2.45) is 0 Å². The van der Waals surface area contributed by atoms with Gasteiger partial charge in [0.25, 0.3) is 0 Å². The van der Waals surface area contributed by atoms with E-state index in [9.17, 15) is 4.79 Å². The lowest BCUT2D eigenvalue weighted by Crippen LogP contribution is -2.02. The Labute approximate surface area is 128 Å². The molecule has 21 heavy (non-hydrogen) atoms. The van der Waals surface area contributed by atoms with Gasteiger partial charge in [-0.3, -0.25) is 0 Å². The molecule has 0 aliphatic carbocycles. The summed E-state index contributed by atoms with van der Waals surface area (Å²) < 4.78 is 10.4. The zero-order chi connectivity index (χ0) is 15.3. The van der Waals surface area contributed by atoms with Crippen LogP contribution in [0.1, 0.15) is 51.0 Å². The fourth-order valence-electron chi connectivity index (χ4n) is 2.07. The van der Waals surface area contributed by atoms with Crippen LogP contribution in [0.25, 0.3) is 6.08 Å². The molecule has 0 N–H and O–H groups in total. The number of unbranched alkanes of at least 4 members (excludes halogenated alkanes) is 5. The Morgan fingerprint density at radius 3 is 2.57 bits per heavy atom. The van der Waals surface area contributed by atoms with Crippen LogP contribution >= 0.6 is 0 Å². The number of methoxy groups -OCH3 is 1. The largest absolute Gasteiger partial charge is 0.496 e. The molecular weight excluding hydrogens is 264 g/mol.